The summed E-state index contributed by atoms with van der Waals surface area (Å²) in [6, 6.07) is 5.37. The highest BCUT2D eigenvalue weighted by molar-refractivity contribution is 7.08. The Balaban J connectivity index is 2.43. The van der Waals surface area contributed by atoms with E-state index in [0.717, 1.165) is 5.56 Å². The van der Waals surface area contributed by atoms with Crippen molar-refractivity contribution in [2.24, 2.45) is 5.73 Å². The highest BCUT2D eigenvalue weighted by Gasteiger charge is 2.05. The number of nitrogens with zero attached hydrogens (tertiary/aromatic N) is 1. The lowest BCUT2D eigenvalue weighted by molar-refractivity contribution is 0.569. The molecule has 0 atom stereocenters. The Bertz CT molecular complexity index is 426. The van der Waals surface area contributed by atoms with Gasteiger partial charge in [-0.25, -0.2) is 4.98 Å². The Morgan fingerprint density at radius 1 is 1.36 bits per heavy atom. The molecular formula is C10H9FN2S. The van der Waals surface area contributed by atoms with Gasteiger partial charge in [0.05, 0.1) is 5.69 Å². The number of hydrogen-bond acceptors (Lipinski definition) is 3. The third kappa shape index (κ3) is 1.66. The predicted octanol–water partition coefficient (Wildman–Crippen LogP) is 2.41. The first kappa shape index (κ1) is 9.30. The molecule has 0 aliphatic heterocycles. The molecule has 0 aromatic carbocycles. The number of nitrogens with two attached hydrogens (primary N) is 1. The fourth-order valence-corrected chi connectivity index (χ4v) is 1.84. The van der Waals surface area contributed by atoms with Crippen molar-refractivity contribution in [3.63, 3.8) is 0 Å². The Hall–Kier alpha value is -1.26. The van der Waals surface area contributed by atoms with Crippen LogP contribution in [0.4, 0.5) is 4.39 Å². The minimum absolute atomic E-state index is 0.183. The van der Waals surface area contributed by atoms with E-state index in [4.69, 9.17) is 5.73 Å². The third-order valence-electron chi connectivity index (χ3n) is 1.96. The first-order chi connectivity index (χ1) is 6.81. The van der Waals surface area contributed by atoms with Crippen molar-refractivity contribution in [3.05, 3.63) is 40.5 Å². The van der Waals surface area contributed by atoms with Gasteiger partial charge >= 0.3 is 0 Å². The van der Waals surface area contributed by atoms with Crippen molar-refractivity contribution in [3.8, 4) is 11.3 Å². The van der Waals surface area contributed by atoms with Crippen LogP contribution in [-0.4, -0.2) is 4.98 Å². The van der Waals surface area contributed by atoms with Gasteiger partial charge in [-0.05, 0) is 17.5 Å². The van der Waals surface area contributed by atoms with E-state index in [-0.39, 0.29) is 6.54 Å². The Kier molecular flexibility index (Phi) is 2.56. The summed E-state index contributed by atoms with van der Waals surface area (Å²) in [6.07, 6.45) is 0. The van der Waals surface area contributed by atoms with E-state index in [1.54, 1.807) is 23.5 Å². The van der Waals surface area contributed by atoms with Gasteiger partial charge in [-0.1, -0.05) is 6.07 Å². The van der Waals surface area contributed by atoms with Gasteiger partial charge in [-0.2, -0.15) is 15.7 Å². The zero-order valence-corrected chi connectivity index (χ0v) is 8.22. The average molecular weight is 208 g/mol. The summed E-state index contributed by atoms with van der Waals surface area (Å²) in [5.74, 6) is -0.476. The van der Waals surface area contributed by atoms with Crippen LogP contribution < -0.4 is 5.73 Å². The van der Waals surface area contributed by atoms with Crippen LogP contribution in [0.5, 0.6) is 0 Å². The summed E-state index contributed by atoms with van der Waals surface area (Å²) in [7, 11) is 0. The fraction of sp³-hybridized carbons (Fsp3) is 0.100. The van der Waals surface area contributed by atoms with Crippen molar-refractivity contribution in [1.29, 1.82) is 0 Å². The number of hydrogen-bond donors (Lipinski definition) is 1. The minimum Gasteiger partial charge on any atom is -0.326 e. The molecule has 0 radical (unpaired) electrons. The molecule has 0 aliphatic rings. The molecule has 0 saturated carbocycles. The second kappa shape index (κ2) is 3.86. The summed E-state index contributed by atoms with van der Waals surface area (Å²) in [6.45, 7) is 0.183. The Labute approximate surface area is 85.2 Å². The van der Waals surface area contributed by atoms with E-state index in [1.165, 1.54) is 0 Å². The summed E-state index contributed by atoms with van der Waals surface area (Å²) in [5.41, 5.74) is 7.39. The monoisotopic (exact) mass is 208 g/mol. The highest BCUT2D eigenvalue weighted by atomic mass is 32.1. The summed E-state index contributed by atoms with van der Waals surface area (Å²) < 4.78 is 13.3. The van der Waals surface area contributed by atoms with Crippen LogP contribution in [0.2, 0.25) is 0 Å². The van der Waals surface area contributed by atoms with Gasteiger partial charge in [0.1, 0.15) is 0 Å². The molecule has 0 aliphatic carbocycles. The SMILES string of the molecule is NCc1ccc(-c2ccsc2)nc1F. The van der Waals surface area contributed by atoms with E-state index in [9.17, 15) is 4.39 Å². The highest BCUT2D eigenvalue weighted by Crippen LogP contribution is 2.20. The van der Waals surface area contributed by atoms with Gasteiger partial charge in [-0.3, -0.25) is 0 Å². The minimum atomic E-state index is -0.476. The normalized spacial score (nSPS) is 10.4. The van der Waals surface area contributed by atoms with Gasteiger partial charge in [0.25, 0.3) is 0 Å². The molecule has 0 saturated heterocycles. The fourth-order valence-electron chi connectivity index (χ4n) is 1.19. The molecule has 0 unspecified atom stereocenters. The third-order valence-corrected chi connectivity index (χ3v) is 2.65. The van der Waals surface area contributed by atoms with Crippen LogP contribution in [0.1, 0.15) is 5.56 Å². The summed E-state index contributed by atoms with van der Waals surface area (Å²) in [4.78, 5) is 3.85. The molecule has 2 N–H and O–H groups in total. The molecule has 4 heteroatoms. The van der Waals surface area contributed by atoms with E-state index in [0.29, 0.717) is 11.3 Å². The van der Waals surface area contributed by atoms with Crippen LogP contribution in [0.3, 0.4) is 0 Å². The standard InChI is InChI=1S/C10H9FN2S/c11-10-7(5-12)1-2-9(13-10)8-3-4-14-6-8/h1-4,6H,5,12H2. The molecule has 0 bridgehead atoms. The number of halogens is 1. The van der Waals surface area contributed by atoms with E-state index < -0.39 is 5.95 Å². The molecule has 0 amide bonds. The molecule has 2 aromatic heterocycles. The van der Waals surface area contributed by atoms with Gasteiger partial charge < -0.3 is 5.73 Å². The zero-order chi connectivity index (χ0) is 9.97. The molecule has 0 spiro atoms. The molecule has 72 valence electrons. The first-order valence-corrected chi connectivity index (χ1v) is 5.13. The van der Waals surface area contributed by atoms with E-state index in [2.05, 4.69) is 4.98 Å². The van der Waals surface area contributed by atoms with E-state index in [1.807, 2.05) is 16.8 Å². The quantitative estimate of drug-likeness (QED) is 0.770. The molecule has 2 aromatic rings. The Morgan fingerprint density at radius 2 is 2.21 bits per heavy atom. The number of thiophene rings is 1. The van der Waals surface area contributed by atoms with Crippen molar-refractivity contribution in [2.45, 2.75) is 6.54 Å². The largest absolute Gasteiger partial charge is 0.326 e. The maximum absolute atomic E-state index is 13.3. The smallest absolute Gasteiger partial charge is 0.217 e. The summed E-state index contributed by atoms with van der Waals surface area (Å²) in [5, 5.41) is 3.87. The van der Waals surface area contributed by atoms with Crippen LogP contribution in [0.15, 0.2) is 29.0 Å². The van der Waals surface area contributed by atoms with Crippen molar-refractivity contribution < 1.29 is 4.39 Å². The topological polar surface area (TPSA) is 38.9 Å². The van der Waals surface area contributed by atoms with Gasteiger partial charge in [0.15, 0.2) is 0 Å². The molecule has 2 rings (SSSR count). The molecule has 14 heavy (non-hydrogen) atoms. The van der Waals surface area contributed by atoms with Crippen molar-refractivity contribution >= 4 is 11.3 Å². The van der Waals surface area contributed by atoms with Gasteiger partial charge in [0.2, 0.25) is 5.95 Å². The average Bonchev–Trinajstić information content (AvgIpc) is 2.70. The maximum atomic E-state index is 13.3. The van der Waals surface area contributed by atoms with Crippen LogP contribution in [0, 0.1) is 5.95 Å². The number of pyridine rings is 1. The van der Waals surface area contributed by atoms with Crippen LogP contribution >= 0.6 is 11.3 Å². The number of aromatic nitrogens is 1. The lowest BCUT2D eigenvalue weighted by Gasteiger charge is -2.01. The molecule has 0 fully saturated rings. The predicted molar refractivity (Wildman–Crippen MR) is 55.4 cm³/mol. The van der Waals surface area contributed by atoms with Gasteiger partial charge in [-0.15, -0.1) is 0 Å². The maximum Gasteiger partial charge on any atom is 0.217 e. The second-order valence-electron chi connectivity index (χ2n) is 2.86. The van der Waals surface area contributed by atoms with Crippen LogP contribution in [-0.2, 0) is 6.54 Å². The van der Waals surface area contributed by atoms with Crippen molar-refractivity contribution in [1.82, 2.24) is 4.98 Å². The molecule has 2 nitrogen and oxygen atoms in total. The second-order valence-corrected chi connectivity index (χ2v) is 3.64. The molecular weight excluding hydrogens is 199 g/mol. The lowest BCUT2D eigenvalue weighted by atomic mass is 10.2. The van der Waals surface area contributed by atoms with Gasteiger partial charge in [0, 0.05) is 23.1 Å². The Morgan fingerprint density at radius 3 is 2.79 bits per heavy atom. The lowest BCUT2D eigenvalue weighted by Crippen LogP contribution is -2.01. The molecule has 2 heterocycles. The van der Waals surface area contributed by atoms with Crippen molar-refractivity contribution in [2.75, 3.05) is 0 Å². The number of rotatable bonds is 2. The summed E-state index contributed by atoms with van der Waals surface area (Å²) >= 11 is 1.56. The zero-order valence-electron chi connectivity index (χ0n) is 7.40. The van der Waals surface area contributed by atoms with Crippen LogP contribution in [0.25, 0.3) is 11.3 Å². The first-order valence-electron chi connectivity index (χ1n) is 4.19. The van der Waals surface area contributed by atoms with E-state index >= 15 is 0 Å².